The van der Waals surface area contributed by atoms with Crippen LogP contribution in [0.2, 0.25) is 0 Å². The maximum atomic E-state index is 12.4. The summed E-state index contributed by atoms with van der Waals surface area (Å²) in [6, 6.07) is 9.51. The van der Waals surface area contributed by atoms with E-state index in [0.717, 1.165) is 44.2 Å². The average molecular weight is 300 g/mol. The monoisotopic (exact) mass is 300 g/mol. The van der Waals surface area contributed by atoms with Gasteiger partial charge in [0.25, 0.3) is 0 Å². The first-order valence-corrected chi connectivity index (χ1v) is 8.10. The Morgan fingerprint density at radius 2 is 2.14 bits per heavy atom. The fourth-order valence-corrected chi connectivity index (χ4v) is 2.94. The predicted octanol–water partition coefficient (Wildman–Crippen LogP) is 2.85. The summed E-state index contributed by atoms with van der Waals surface area (Å²) in [5.41, 5.74) is 1.71. The maximum Gasteiger partial charge on any atom is 0.226 e. The molecule has 0 saturated carbocycles. The van der Waals surface area contributed by atoms with Crippen molar-refractivity contribution in [2.45, 2.75) is 51.7 Å². The Morgan fingerprint density at radius 1 is 1.41 bits per heavy atom. The molecule has 4 nitrogen and oxygen atoms in total. The van der Waals surface area contributed by atoms with Gasteiger partial charge >= 0.3 is 0 Å². The molecule has 1 fully saturated rings. The van der Waals surface area contributed by atoms with Crippen molar-refractivity contribution >= 4 is 5.91 Å². The number of carbonyl (C=O) groups is 1. The Hall–Kier alpha value is -1.86. The van der Waals surface area contributed by atoms with Crippen molar-refractivity contribution in [1.82, 2.24) is 4.90 Å². The fourth-order valence-electron chi connectivity index (χ4n) is 2.94. The number of amides is 1. The van der Waals surface area contributed by atoms with Crippen molar-refractivity contribution in [3.8, 4) is 6.07 Å². The molecule has 1 aromatic carbocycles. The van der Waals surface area contributed by atoms with Crippen LogP contribution in [-0.2, 0) is 11.3 Å². The lowest BCUT2D eigenvalue weighted by Crippen LogP contribution is -2.27. The number of aliphatic hydroxyl groups is 1. The molecule has 118 valence electrons. The molecule has 0 spiro atoms. The highest BCUT2D eigenvalue weighted by Crippen LogP contribution is 2.25. The molecule has 1 aliphatic heterocycles. The predicted molar refractivity (Wildman–Crippen MR) is 84.8 cm³/mol. The normalized spacial score (nSPS) is 19.2. The number of aliphatic hydroxyl groups excluding tert-OH is 1. The van der Waals surface area contributed by atoms with Gasteiger partial charge in [0.1, 0.15) is 0 Å². The topological polar surface area (TPSA) is 64.3 Å². The van der Waals surface area contributed by atoms with E-state index >= 15 is 0 Å². The molecule has 1 heterocycles. The van der Waals surface area contributed by atoms with E-state index < -0.39 is 0 Å². The van der Waals surface area contributed by atoms with Gasteiger partial charge < -0.3 is 10.0 Å². The number of nitrogens with zero attached hydrogens (tertiary/aromatic N) is 2. The van der Waals surface area contributed by atoms with Gasteiger partial charge in [-0.15, -0.1) is 0 Å². The molecule has 2 rings (SSSR count). The zero-order valence-electron chi connectivity index (χ0n) is 13.2. The largest absolute Gasteiger partial charge is 0.393 e. The van der Waals surface area contributed by atoms with E-state index in [9.17, 15) is 9.90 Å². The first kappa shape index (κ1) is 16.5. The second-order valence-electron chi connectivity index (χ2n) is 6.05. The van der Waals surface area contributed by atoms with Crippen molar-refractivity contribution in [1.29, 1.82) is 5.26 Å². The van der Waals surface area contributed by atoms with Crippen molar-refractivity contribution in [3.05, 3.63) is 35.4 Å². The van der Waals surface area contributed by atoms with Gasteiger partial charge in [0.2, 0.25) is 5.91 Å². The van der Waals surface area contributed by atoms with Crippen LogP contribution < -0.4 is 0 Å². The van der Waals surface area contributed by atoms with E-state index in [1.807, 2.05) is 24.0 Å². The molecule has 2 atom stereocenters. The van der Waals surface area contributed by atoms with E-state index in [4.69, 9.17) is 5.26 Å². The van der Waals surface area contributed by atoms with Crippen molar-refractivity contribution in [2.75, 3.05) is 6.54 Å². The molecule has 0 aromatic heterocycles. The van der Waals surface area contributed by atoms with Crippen LogP contribution >= 0.6 is 0 Å². The maximum absolute atomic E-state index is 12.4. The van der Waals surface area contributed by atoms with E-state index in [-0.39, 0.29) is 17.9 Å². The van der Waals surface area contributed by atoms with Gasteiger partial charge in [0.05, 0.1) is 17.7 Å². The highest BCUT2D eigenvalue weighted by Gasteiger charge is 2.30. The molecular formula is C18H24N2O2. The highest BCUT2D eigenvalue weighted by atomic mass is 16.3. The Labute approximate surface area is 132 Å². The number of likely N-dealkylation sites (tertiary alicyclic amines) is 1. The van der Waals surface area contributed by atoms with Crippen LogP contribution in [-0.4, -0.2) is 28.6 Å². The van der Waals surface area contributed by atoms with Gasteiger partial charge in [-0.05, 0) is 43.4 Å². The number of nitriles is 1. The minimum Gasteiger partial charge on any atom is -0.393 e. The van der Waals surface area contributed by atoms with Gasteiger partial charge in [0.15, 0.2) is 0 Å². The number of hydrogen-bond donors (Lipinski definition) is 1. The van der Waals surface area contributed by atoms with E-state index in [1.165, 1.54) is 0 Å². The summed E-state index contributed by atoms with van der Waals surface area (Å²) in [4.78, 5) is 14.3. The zero-order chi connectivity index (χ0) is 15.9. The Kier molecular flexibility index (Phi) is 5.97. The standard InChI is InChI=1S/C18H24N2O2/c1-2-17(21)5-3-4-16-10-11-20(18(16)22)13-15-8-6-14(12-19)7-9-15/h6-9,16-17,21H,2-5,10-11,13H2,1H3/t16?,17-/m0/s1. The summed E-state index contributed by atoms with van der Waals surface area (Å²) in [6.45, 7) is 3.41. The molecule has 0 bridgehead atoms. The third kappa shape index (κ3) is 4.32. The Balaban J connectivity index is 1.81. The number of rotatable bonds is 7. The van der Waals surface area contributed by atoms with E-state index in [2.05, 4.69) is 6.07 Å². The molecular weight excluding hydrogens is 276 g/mol. The lowest BCUT2D eigenvalue weighted by atomic mass is 9.99. The number of hydrogen-bond acceptors (Lipinski definition) is 3. The lowest BCUT2D eigenvalue weighted by Gasteiger charge is -2.17. The first-order chi connectivity index (χ1) is 10.6. The van der Waals surface area contributed by atoms with Crippen LogP contribution in [0, 0.1) is 17.2 Å². The highest BCUT2D eigenvalue weighted by molar-refractivity contribution is 5.80. The third-order valence-corrected chi connectivity index (χ3v) is 4.43. The SMILES string of the molecule is CC[C@H](O)CCCC1CCN(Cc2ccc(C#N)cc2)C1=O. The van der Waals surface area contributed by atoms with Crippen LogP contribution in [0.15, 0.2) is 24.3 Å². The number of benzene rings is 1. The molecule has 1 saturated heterocycles. The summed E-state index contributed by atoms with van der Waals surface area (Å²) < 4.78 is 0. The quantitative estimate of drug-likeness (QED) is 0.842. The van der Waals surface area contributed by atoms with Crippen LogP contribution in [0.25, 0.3) is 0 Å². The first-order valence-electron chi connectivity index (χ1n) is 8.10. The van der Waals surface area contributed by atoms with Gasteiger partial charge in [-0.25, -0.2) is 0 Å². The van der Waals surface area contributed by atoms with Crippen molar-refractivity contribution < 1.29 is 9.90 Å². The van der Waals surface area contributed by atoms with Crippen LogP contribution in [0.4, 0.5) is 0 Å². The summed E-state index contributed by atoms with van der Waals surface area (Å²) in [5.74, 6) is 0.345. The third-order valence-electron chi connectivity index (χ3n) is 4.43. The van der Waals surface area contributed by atoms with E-state index in [0.29, 0.717) is 12.1 Å². The molecule has 0 aliphatic carbocycles. The van der Waals surface area contributed by atoms with Crippen LogP contribution in [0.1, 0.15) is 50.2 Å². The molecule has 22 heavy (non-hydrogen) atoms. The van der Waals surface area contributed by atoms with E-state index in [1.54, 1.807) is 12.1 Å². The number of carbonyl (C=O) groups excluding carboxylic acids is 1. The summed E-state index contributed by atoms with van der Waals surface area (Å²) in [7, 11) is 0. The molecule has 1 unspecified atom stereocenters. The van der Waals surface area contributed by atoms with Gasteiger partial charge in [-0.2, -0.15) is 5.26 Å². The summed E-state index contributed by atoms with van der Waals surface area (Å²) in [6.07, 6.45) is 4.04. The van der Waals surface area contributed by atoms with Crippen LogP contribution in [0.3, 0.4) is 0 Å². The second-order valence-corrected chi connectivity index (χ2v) is 6.05. The zero-order valence-corrected chi connectivity index (χ0v) is 13.2. The summed E-state index contributed by atoms with van der Waals surface area (Å²) in [5, 5.41) is 18.4. The molecule has 1 amide bonds. The Morgan fingerprint density at radius 3 is 2.77 bits per heavy atom. The smallest absolute Gasteiger partial charge is 0.226 e. The lowest BCUT2D eigenvalue weighted by molar-refractivity contribution is -0.131. The Bertz CT molecular complexity index is 533. The molecule has 1 aromatic rings. The van der Waals surface area contributed by atoms with Gasteiger partial charge in [-0.1, -0.05) is 25.5 Å². The average Bonchev–Trinajstić information content (AvgIpc) is 2.88. The minimum absolute atomic E-state index is 0.113. The van der Waals surface area contributed by atoms with Crippen LogP contribution in [0.5, 0.6) is 0 Å². The fraction of sp³-hybridized carbons (Fsp3) is 0.556. The van der Waals surface area contributed by atoms with Crippen molar-refractivity contribution in [3.63, 3.8) is 0 Å². The molecule has 4 heteroatoms. The minimum atomic E-state index is -0.230. The van der Waals surface area contributed by atoms with Gasteiger partial charge in [0, 0.05) is 19.0 Å². The van der Waals surface area contributed by atoms with Gasteiger partial charge in [-0.3, -0.25) is 4.79 Å². The molecule has 1 N–H and O–H groups in total. The van der Waals surface area contributed by atoms with Crippen molar-refractivity contribution in [2.24, 2.45) is 5.92 Å². The molecule has 1 aliphatic rings. The summed E-state index contributed by atoms with van der Waals surface area (Å²) >= 11 is 0. The second kappa shape index (κ2) is 7.95. The molecule has 0 radical (unpaired) electrons.